The summed E-state index contributed by atoms with van der Waals surface area (Å²) >= 11 is 1.31. The van der Waals surface area contributed by atoms with Gasteiger partial charge in [-0.2, -0.15) is 0 Å². The fraction of sp³-hybridized carbons (Fsp3) is 0.125. The first-order chi connectivity index (χ1) is 15.1. The van der Waals surface area contributed by atoms with Crippen LogP contribution in [0.1, 0.15) is 21.6 Å². The van der Waals surface area contributed by atoms with E-state index < -0.39 is 0 Å². The van der Waals surface area contributed by atoms with E-state index in [1.165, 1.54) is 11.3 Å². The van der Waals surface area contributed by atoms with Crippen molar-refractivity contribution in [3.05, 3.63) is 88.9 Å². The monoisotopic (exact) mass is 431 g/mol. The summed E-state index contributed by atoms with van der Waals surface area (Å²) in [7, 11) is 0. The summed E-state index contributed by atoms with van der Waals surface area (Å²) in [5, 5.41) is 9.87. The van der Waals surface area contributed by atoms with Crippen LogP contribution in [0, 0.1) is 6.92 Å². The van der Waals surface area contributed by atoms with E-state index in [4.69, 9.17) is 4.74 Å². The van der Waals surface area contributed by atoms with Gasteiger partial charge >= 0.3 is 0 Å². The topological polar surface area (TPSA) is 80.3 Å². The molecular formula is C24H21N3O3S. The number of anilines is 1. The Morgan fingerprint density at radius 3 is 2.58 bits per heavy atom. The molecule has 4 aromatic rings. The number of aromatic nitrogens is 1. The molecule has 0 unspecified atom stereocenters. The molecule has 1 heterocycles. The lowest BCUT2D eigenvalue weighted by atomic mass is 10.1. The first-order valence-corrected chi connectivity index (χ1v) is 10.7. The van der Waals surface area contributed by atoms with Gasteiger partial charge in [-0.1, -0.05) is 48.0 Å². The van der Waals surface area contributed by atoms with Crippen LogP contribution in [0.4, 0.5) is 5.13 Å². The number of rotatable bonds is 7. The Labute approximate surface area is 183 Å². The smallest absolute Gasteiger partial charge is 0.251 e. The van der Waals surface area contributed by atoms with Crippen LogP contribution in [-0.4, -0.2) is 23.3 Å². The number of hydrogen-bond donors (Lipinski definition) is 2. The zero-order valence-corrected chi connectivity index (χ0v) is 17.7. The second-order valence-corrected chi connectivity index (χ2v) is 7.90. The summed E-state index contributed by atoms with van der Waals surface area (Å²) in [5.41, 5.74) is 2.30. The predicted molar refractivity (Wildman–Crippen MR) is 123 cm³/mol. The van der Waals surface area contributed by atoms with Crippen LogP contribution >= 0.6 is 11.3 Å². The van der Waals surface area contributed by atoms with Crippen molar-refractivity contribution in [3.63, 3.8) is 0 Å². The standard InChI is InChI=1S/C24H21N3O3S/c1-16-6-8-18(9-7-16)23(29)25-13-22(28)27-24-26-20(15-31-24)14-30-21-11-10-17-4-2-3-5-19(17)12-21/h2-12,15H,13-14H2,1H3,(H,25,29)(H,26,27,28). The predicted octanol–water partition coefficient (Wildman–Crippen LogP) is 4.55. The highest BCUT2D eigenvalue weighted by Crippen LogP contribution is 2.22. The van der Waals surface area contributed by atoms with Crippen molar-refractivity contribution < 1.29 is 14.3 Å². The third-order valence-electron chi connectivity index (χ3n) is 4.63. The number of nitrogens with zero attached hydrogens (tertiary/aromatic N) is 1. The van der Waals surface area contributed by atoms with Gasteiger partial charge in [0, 0.05) is 10.9 Å². The number of nitrogens with one attached hydrogen (secondary N) is 2. The molecule has 0 saturated heterocycles. The lowest BCUT2D eigenvalue weighted by molar-refractivity contribution is -0.115. The van der Waals surface area contributed by atoms with Gasteiger partial charge in [-0.25, -0.2) is 4.98 Å². The Balaban J connectivity index is 1.26. The molecule has 0 atom stereocenters. The molecule has 0 radical (unpaired) electrons. The average Bonchev–Trinajstić information content (AvgIpc) is 3.23. The van der Waals surface area contributed by atoms with Crippen LogP contribution in [0.3, 0.4) is 0 Å². The zero-order valence-electron chi connectivity index (χ0n) is 16.9. The van der Waals surface area contributed by atoms with Gasteiger partial charge in [0.05, 0.1) is 12.2 Å². The van der Waals surface area contributed by atoms with Gasteiger partial charge in [0.2, 0.25) is 5.91 Å². The highest BCUT2D eigenvalue weighted by atomic mass is 32.1. The third-order valence-corrected chi connectivity index (χ3v) is 5.44. The van der Waals surface area contributed by atoms with Gasteiger partial charge in [0.1, 0.15) is 12.4 Å². The lowest BCUT2D eigenvalue weighted by Crippen LogP contribution is -2.32. The quantitative estimate of drug-likeness (QED) is 0.450. The second-order valence-electron chi connectivity index (χ2n) is 7.04. The fourth-order valence-corrected chi connectivity index (χ4v) is 3.69. The van der Waals surface area contributed by atoms with E-state index in [0.717, 1.165) is 27.8 Å². The molecule has 1 aromatic heterocycles. The molecule has 31 heavy (non-hydrogen) atoms. The number of carbonyl (C=O) groups is 2. The Morgan fingerprint density at radius 1 is 1.00 bits per heavy atom. The van der Waals surface area contributed by atoms with Gasteiger partial charge in [-0.3, -0.25) is 9.59 Å². The first kappa shape index (κ1) is 20.6. The maximum atomic E-state index is 12.1. The number of hydrogen-bond acceptors (Lipinski definition) is 5. The lowest BCUT2D eigenvalue weighted by Gasteiger charge is -2.06. The summed E-state index contributed by atoms with van der Waals surface area (Å²) in [6.07, 6.45) is 0. The van der Waals surface area contributed by atoms with Crippen LogP contribution in [0.2, 0.25) is 0 Å². The Kier molecular flexibility index (Phi) is 6.24. The number of benzene rings is 3. The van der Waals surface area contributed by atoms with Gasteiger partial charge in [-0.15, -0.1) is 11.3 Å². The minimum Gasteiger partial charge on any atom is -0.487 e. The summed E-state index contributed by atoms with van der Waals surface area (Å²) in [5.74, 6) is 0.131. The molecule has 4 rings (SSSR count). The number of amides is 2. The van der Waals surface area contributed by atoms with Crippen molar-refractivity contribution in [2.75, 3.05) is 11.9 Å². The maximum absolute atomic E-state index is 12.1. The Morgan fingerprint density at radius 2 is 1.77 bits per heavy atom. The Bertz CT molecular complexity index is 1220. The second kappa shape index (κ2) is 9.40. The van der Waals surface area contributed by atoms with Gasteiger partial charge in [0.25, 0.3) is 5.91 Å². The summed E-state index contributed by atoms with van der Waals surface area (Å²) < 4.78 is 5.83. The fourth-order valence-electron chi connectivity index (χ4n) is 2.98. The van der Waals surface area contributed by atoms with E-state index in [1.54, 1.807) is 12.1 Å². The molecule has 0 aliphatic heterocycles. The number of aryl methyl sites for hydroxylation is 1. The van der Waals surface area contributed by atoms with Gasteiger partial charge in [-0.05, 0) is 42.0 Å². The molecule has 0 spiro atoms. The molecule has 2 N–H and O–H groups in total. The van der Waals surface area contributed by atoms with E-state index >= 15 is 0 Å². The molecule has 0 aliphatic rings. The molecule has 0 saturated carbocycles. The number of carbonyl (C=O) groups excluding carboxylic acids is 2. The van der Waals surface area contributed by atoms with Crippen molar-refractivity contribution in [1.29, 1.82) is 0 Å². The van der Waals surface area contributed by atoms with Crippen molar-refractivity contribution in [3.8, 4) is 5.75 Å². The Hall–Kier alpha value is -3.71. The van der Waals surface area contributed by atoms with Crippen LogP contribution in [0.25, 0.3) is 10.8 Å². The van der Waals surface area contributed by atoms with Gasteiger partial charge in [0.15, 0.2) is 5.13 Å². The number of fused-ring (bicyclic) bond motifs is 1. The van der Waals surface area contributed by atoms with Crippen molar-refractivity contribution in [2.24, 2.45) is 0 Å². The number of thiazole rings is 1. The SMILES string of the molecule is Cc1ccc(C(=O)NCC(=O)Nc2nc(COc3ccc4ccccc4c3)cs2)cc1. The van der Waals surface area contributed by atoms with E-state index in [9.17, 15) is 9.59 Å². The molecule has 0 aliphatic carbocycles. The first-order valence-electron chi connectivity index (χ1n) is 9.77. The van der Waals surface area contributed by atoms with E-state index in [-0.39, 0.29) is 18.4 Å². The van der Waals surface area contributed by atoms with Crippen molar-refractivity contribution in [1.82, 2.24) is 10.3 Å². The van der Waals surface area contributed by atoms with Crippen molar-refractivity contribution in [2.45, 2.75) is 13.5 Å². The van der Waals surface area contributed by atoms with E-state index in [1.807, 2.05) is 60.8 Å². The molecule has 3 aromatic carbocycles. The van der Waals surface area contributed by atoms with Crippen LogP contribution in [0.5, 0.6) is 5.75 Å². The minimum atomic E-state index is -0.336. The summed E-state index contributed by atoms with van der Waals surface area (Å²) in [6.45, 7) is 2.12. The zero-order chi connectivity index (χ0) is 21.6. The van der Waals surface area contributed by atoms with E-state index in [0.29, 0.717) is 17.3 Å². The average molecular weight is 432 g/mol. The highest BCUT2D eigenvalue weighted by molar-refractivity contribution is 7.13. The third kappa shape index (κ3) is 5.46. The highest BCUT2D eigenvalue weighted by Gasteiger charge is 2.10. The van der Waals surface area contributed by atoms with Crippen molar-refractivity contribution >= 4 is 39.1 Å². The minimum absolute atomic E-state index is 0.130. The van der Waals surface area contributed by atoms with Gasteiger partial charge < -0.3 is 15.4 Å². The molecule has 156 valence electrons. The van der Waals surface area contributed by atoms with Crippen LogP contribution in [0.15, 0.2) is 72.1 Å². The van der Waals surface area contributed by atoms with E-state index in [2.05, 4.69) is 21.7 Å². The van der Waals surface area contributed by atoms with Crippen LogP contribution in [-0.2, 0) is 11.4 Å². The number of ether oxygens (including phenoxy) is 1. The molecule has 7 heteroatoms. The molecule has 2 amide bonds. The molecule has 0 fully saturated rings. The summed E-state index contributed by atoms with van der Waals surface area (Å²) in [4.78, 5) is 28.6. The van der Waals surface area contributed by atoms with Crippen LogP contribution < -0.4 is 15.4 Å². The maximum Gasteiger partial charge on any atom is 0.251 e. The molecule has 0 bridgehead atoms. The molecular weight excluding hydrogens is 410 g/mol. The summed E-state index contributed by atoms with van der Waals surface area (Å²) in [6, 6.07) is 21.2. The molecule has 6 nitrogen and oxygen atoms in total. The largest absolute Gasteiger partial charge is 0.487 e. The normalized spacial score (nSPS) is 10.6.